The summed E-state index contributed by atoms with van der Waals surface area (Å²) in [6, 6.07) is 2.76. The van der Waals surface area contributed by atoms with Crippen molar-refractivity contribution in [1.29, 1.82) is 0 Å². The van der Waals surface area contributed by atoms with E-state index in [1.165, 1.54) is 0 Å². The van der Waals surface area contributed by atoms with Crippen molar-refractivity contribution >= 4 is 21.9 Å². The van der Waals surface area contributed by atoms with Crippen LogP contribution in [-0.4, -0.2) is 22.2 Å². The number of aliphatic carboxylic acids is 1. The summed E-state index contributed by atoms with van der Waals surface area (Å²) in [6.45, 7) is 0.386. The van der Waals surface area contributed by atoms with Gasteiger partial charge in [-0.15, -0.1) is 0 Å². The molecule has 0 saturated heterocycles. The number of phenols is 1. The van der Waals surface area contributed by atoms with Crippen molar-refractivity contribution in [3.8, 4) is 5.75 Å². The molecule has 80 valence electrons. The van der Waals surface area contributed by atoms with Crippen molar-refractivity contribution in [2.75, 3.05) is 0 Å². The molecule has 0 aromatic heterocycles. The molecule has 1 aliphatic rings. The number of hydrogen-bond acceptors (Lipinski definition) is 3. The number of carboxylic acids is 1. The van der Waals surface area contributed by atoms with E-state index in [0.29, 0.717) is 13.0 Å². The van der Waals surface area contributed by atoms with Crippen molar-refractivity contribution in [2.45, 2.75) is 19.0 Å². The summed E-state index contributed by atoms with van der Waals surface area (Å²) in [5.41, 5.74) is 1.66. The van der Waals surface area contributed by atoms with E-state index in [1.54, 1.807) is 12.1 Å². The van der Waals surface area contributed by atoms with Crippen LogP contribution in [0.15, 0.2) is 16.6 Å². The van der Waals surface area contributed by atoms with Gasteiger partial charge >= 0.3 is 5.97 Å². The van der Waals surface area contributed by atoms with Crippen LogP contribution in [0.25, 0.3) is 0 Å². The minimum atomic E-state index is -0.865. The highest BCUT2D eigenvalue weighted by molar-refractivity contribution is 9.10. The third-order valence-electron chi connectivity index (χ3n) is 2.58. The van der Waals surface area contributed by atoms with Gasteiger partial charge in [0.2, 0.25) is 0 Å². The maximum absolute atomic E-state index is 10.8. The number of phenolic OH excluding ortho intramolecular Hbond substituents is 1. The molecule has 5 heteroatoms. The van der Waals surface area contributed by atoms with Crippen LogP contribution < -0.4 is 5.32 Å². The summed E-state index contributed by atoms with van der Waals surface area (Å²) in [4.78, 5) is 10.8. The predicted octanol–water partition coefficient (Wildman–Crippen LogP) is 1.25. The van der Waals surface area contributed by atoms with Crippen molar-refractivity contribution in [2.24, 2.45) is 0 Å². The first-order chi connectivity index (χ1) is 7.09. The zero-order valence-corrected chi connectivity index (χ0v) is 9.41. The second-order valence-electron chi connectivity index (χ2n) is 3.50. The summed E-state index contributed by atoms with van der Waals surface area (Å²) in [5, 5.41) is 21.3. The molecule has 0 saturated carbocycles. The lowest BCUT2D eigenvalue weighted by Crippen LogP contribution is -2.41. The Labute approximate surface area is 95.1 Å². The molecule has 0 aliphatic carbocycles. The summed E-state index contributed by atoms with van der Waals surface area (Å²) in [6.07, 6.45) is 0.389. The number of aromatic hydroxyl groups is 1. The standard InChI is InChI=1S/C10H10BrNO3/c11-7-1-2-9(13)6-4-12-8(10(14)15)3-5(6)7/h1-2,8,12-13H,3-4H2,(H,14,15). The molecule has 4 nitrogen and oxygen atoms in total. The van der Waals surface area contributed by atoms with E-state index in [1.807, 2.05) is 0 Å². The first-order valence-electron chi connectivity index (χ1n) is 4.55. The van der Waals surface area contributed by atoms with Crippen molar-refractivity contribution < 1.29 is 15.0 Å². The van der Waals surface area contributed by atoms with E-state index in [9.17, 15) is 9.90 Å². The average molecular weight is 272 g/mol. The van der Waals surface area contributed by atoms with Crippen LogP contribution in [-0.2, 0) is 17.8 Å². The Hall–Kier alpha value is -1.07. The fourth-order valence-electron chi connectivity index (χ4n) is 1.75. The number of hydrogen-bond donors (Lipinski definition) is 3. The molecule has 0 spiro atoms. The van der Waals surface area contributed by atoms with Crippen LogP contribution in [0.4, 0.5) is 0 Å². The number of carboxylic acid groups (broad SMARTS) is 1. The van der Waals surface area contributed by atoms with Crippen LogP contribution in [0.2, 0.25) is 0 Å². The van der Waals surface area contributed by atoms with Crippen LogP contribution in [0.3, 0.4) is 0 Å². The molecule has 1 heterocycles. The van der Waals surface area contributed by atoms with Gasteiger partial charge < -0.3 is 10.2 Å². The van der Waals surface area contributed by atoms with Crippen molar-refractivity contribution in [3.05, 3.63) is 27.7 Å². The molecule has 0 amide bonds. The van der Waals surface area contributed by atoms with E-state index in [4.69, 9.17) is 5.11 Å². The molecule has 1 aromatic rings. The smallest absolute Gasteiger partial charge is 0.321 e. The van der Waals surface area contributed by atoms with Gasteiger partial charge in [0, 0.05) is 23.0 Å². The molecule has 0 bridgehead atoms. The normalized spacial score (nSPS) is 19.7. The van der Waals surface area contributed by atoms with Crippen molar-refractivity contribution in [1.82, 2.24) is 5.32 Å². The molecular weight excluding hydrogens is 262 g/mol. The third kappa shape index (κ3) is 1.85. The first kappa shape index (κ1) is 10.4. The van der Waals surface area contributed by atoms with E-state index < -0.39 is 12.0 Å². The average Bonchev–Trinajstić information content (AvgIpc) is 2.23. The molecule has 1 aliphatic heterocycles. The zero-order chi connectivity index (χ0) is 11.0. The number of rotatable bonds is 1. The predicted molar refractivity (Wildman–Crippen MR) is 57.8 cm³/mol. The largest absolute Gasteiger partial charge is 0.508 e. The van der Waals surface area contributed by atoms with Gasteiger partial charge in [0.25, 0.3) is 0 Å². The maximum Gasteiger partial charge on any atom is 0.321 e. The highest BCUT2D eigenvalue weighted by atomic mass is 79.9. The van der Waals surface area contributed by atoms with Gasteiger partial charge in [0.1, 0.15) is 11.8 Å². The van der Waals surface area contributed by atoms with Gasteiger partial charge in [-0.1, -0.05) is 15.9 Å². The Morgan fingerprint density at radius 3 is 2.87 bits per heavy atom. The zero-order valence-electron chi connectivity index (χ0n) is 7.83. The lowest BCUT2D eigenvalue weighted by Gasteiger charge is -2.24. The topological polar surface area (TPSA) is 69.6 Å². The van der Waals surface area contributed by atoms with E-state index in [2.05, 4.69) is 21.2 Å². The summed E-state index contributed by atoms with van der Waals surface area (Å²) < 4.78 is 0.850. The van der Waals surface area contributed by atoms with Gasteiger partial charge in [-0.2, -0.15) is 0 Å². The molecule has 0 radical (unpaired) electrons. The fraction of sp³-hybridized carbons (Fsp3) is 0.300. The number of benzene rings is 1. The van der Waals surface area contributed by atoms with Crippen LogP contribution >= 0.6 is 15.9 Å². The highest BCUT2D eigenvalue weighted by Crippen LogP contribution is 2.31. The van der Waals surface area contributed by atoms with Gasteiger partial charge in [-0.25, -0.2) is 0 Å². The van der Waals surface area contributed by atoms with Crippen molar-refractivity contribution in [3.63, 3.8) is 0 Å². The summed E-state index contributed by atoms with van der Waals surface area (Å²) in [7, 11) is 0. The summed E-state index contributed by atoms with van der Waals surface area (Å²) >= 11 is 3.36. The molecule has 3 N–H and O–H groups in total. The Morgan fingerprint density at radius 2 is 2.20 bits per heavy atom. The third-order valence-corrected chi connectivity index (χ3v) is 3.32. The Bertz CT molecular complexity index is 419. The lowest BCUT2D eigenvalue weighted by atomic mass is 9.95. The molecular formula is C10H10BrNO3. The second-order valence-corrected chi connectivity index (χ2v) is 4.35. The van der Waals surface area contributed by atoms with E-state index >= 15 is 0 Å². The molecule has 1 unspecified atom stereocenters. The van der Waals surface area contributed by atoms with Crippen LogP contribution in [0.1, 0.15) is 11.1 Å². The lowest BCUT2D eigenvalue weighted by molar-refractivity contribution is -0.139. The minimum Gasteiger partial charge on any atom is -0.508 e. The van der Waals surface area contributed by atoms with E-state index in [0.717, 1.165) is 15.6 Å². The Kier molecular flexibility index (Phi) is 2.67. The monoisotopic (exact) mass is 271 g/mol. The van der Waals surface area contributed by atoms with Crippen LogP contribution in [0.5, 0.6) is 5.75 Å². The summed E-state index contributed by atoms with van der Waals surface area (Å²) in [5.74, 6) is -0.652. The maximum atomic E-state index is 10.8. The van der Waals surface area contributed by atoms with Gasteiger partial charge in [-0.3, -0.25) is 10.1 Å². The van der Waals surface area contributed by atoms with Gasteiger partial charge in [0.05, 0.1) is 0 Å². The fourth-order valence-corrected chi connectivity index (χ4v) is 2.28. The minimum absolute atomic E-state index is 0.213. The highest BCUT2D eigenvalue weighted by Gasteiger charge is 2.26. The quantitative estimate of drug-likeness (QED) is 0.719. The van der Waals surface area contributed by atoms with Crippen LogP contribution in [0, 0.1) is 0 Å². The SMILES string of the molecule is O=C(O)C1Cc2c(Br)ccc(O)c2CN1. The Balaban J connectivity index is 2.41. The van der Waals surface area contributed by atoms with Gasteiger partial charge in [-0.05, 0) is 17.7 Å². The van der Waals surface area contributed by atoms with E-state index in [-0.39, 0.29) is 5.75 Å². The first-order valence-corrected chi connectivity index (χ1v) is 5.34. The Morgan fingerprint density at radius 1 is 1.47 bits per heavy atom. The second kappa shape index (κ2) is 3.83. The molecule has 1 aromatic carbocycles. The molecule has 0 fully saturated rings. The number of fused-ring (bicyclic) bond motifs is 1. The molecule has 15 heavy (non-hydrogen) atoms. The molecule has 2 rings (SSSR count). The van der Waals surface area contributed by atoms with Gasteiger partial charge in [0.15, 0.2) is 0 Å². The number of carbonyl (C=O) groups is 1. The molecule has 1 atom stereocenters. The number of halogens is 1. The number of nitrogens with one attached hydrogen (secondary N) is 1.